The fraction of sp³-hybridized carbons (Fsp3) is 0.176. The molecule has 2 rings (SSSR count). The molecule has 5 nitrogen and oxygen atoms in total. The van der Waals surface area contributed by atoms with Crippen LogP contribution in [0.15, 0.2) is 42.5 Å². The van der Waals surface area contributed by atoms with E-state index in [1.807, 2.05) is 36.4 Å². The van der Waals surface area contributed by atoms with E-state index in [0.717, 1.165) is 5.56 Å². The largest absolute Gasteiger partial charge is 0.507 e. The molecule has 0 spiro atoms. The standard InChI is InChI=1S/C17H18O5S/c1-12(2)17-15(18)10-14(11-16(17)22-23(19,20)21)9-8-13-6-4-3-5-7-13/h3-12,18H,1-2H3,(H,19,20,21). The summed E-state index contributed by atoms with van der Waals surface area (Å²) in [5, 5.41) is 10.1. The minimum atomic E-state index is -4.67. The Labute approximate surface area is 135 Å². The second kappa shape index (κ2) is 6.85. The van der Waals surface area contributed by atoms with Crippen LogP contribution in [-0.2, 0) is 10.4 Å². The van der Waals surface area contributed by atoms with E-state index in [2.05, 4.69) is 4.18 Å². The summed E-state index contributed by atoms with van der Waals surface area (Å²) in [6.07, 6.45) is 3.54. The Balaban J connectivity index is 2.44. The van der Waals surface area contributed by atoms with Gasteiger partial charge in [0, 0.05) is 5.56 Å². The molecule has 6 heteroatoms. The summed E-state index contributed by atoms with van der Waals surface area (Å²) in [4.78, 5) is 0. The van der Waals surface area contributed by atoms with Gasteiger partial charge in [0.1, 0.15) is 5.75 Å². The second-order valence-electron chi connectivity index (χ2n) is 5.36. The summed E-state index contributed by atoms with van der Waals surface area (Å²) >= 11 is 0. The summed E-state index contributed by atoms with van der Waals surface area (Å²) in [6.45, 7) is 3.57. The normalized spacial score (nSPS) is 12.0. The summed E-state index contributed by atoms with van der Waals surface area (Å²) in [5.41, 5.74) is 1.83. The van der Waals surface area contributed by atoms with Crippen LogP contribution in [0.5, 0.6) is 11.5 Å². The number of hydrogen-bond acceptors (Lipinski definition) is 4. The van der Waals surface area contributed by atoms with Crippen molar-refractivity contribution in [3.63, 3.8) is 0 Å². The molecule has 2 aromatic carbocycles. The summed E-state index contributed by atoms with van der Waals surface area (Å²) < 4.78 is 35.5. The maximum Gasteiger partial charge on any atom is 0.446 e. The molecule has 0 saturated carbocycles. The maximum atomic E-state index is 11.0. The van der Waals surface area contributed by atoms with E-state index in [9.17, 15) is 13.5 Å². The highest BCUT2D eigenvalue weighted by molar-refractivity contribution is 7.81. The van der Waals surface area contributed by atoms with Gasteiger partial charge in [-0.3, -0.25) is 4.55 Å². The van der Waals surface area contributed by atoms with E-state index < -0.39 is 10.4 Å². The van der Waals surface area contributed by atoms with E-state index in [0.29, 0.717) is 11.1 Å². The monoisotopic (exact) mass is 334 g/mol. The van der Waals surface area contributed by atoms with Crippen molar-refractivity contribution < 1.29 is 22.3 Å². The molecule has 122 valence electrons. The fourth-order valence-electron chi connectivity index (χ4n) is 2.25. The Kier molecular flexibility index (Phi) is 5.08. The zero-order chi connectivity index (χ0) is 17.0. The lowest BCUT2D eigenvalue weighted by Crippen LogP contribution is -2.09. The molecule has 2 aromatic rings. The van der Waals surface area contributed by atoms with Crippen molar-refractivity contribution in [1.29, 1.82) is 0 Å². The molecule has 0 radical (unpaired) electrons. The Morgan fingerprint density at radius 2 is 1.65 bits per heavy atom. The highest BCUT2D eigenvalue weighted by Crippen LogP contribution is 2.37. The minimum Gasteiger partial charge on any atom is -0.507 e. The van der Waals surface area contributed by atoms with Gasteiger partial charge in [0.05, 0.1) is 0 Å². The molecule has 0 unspecified atom stereocenters. The zero-order valence-corrected chi connectivity index (χ0v) is 13.6. The van der Waals surface area contributed by atoms with Crippen molar-refractivity contribution in [3.05, 3.63) is 59.2 Å². The first-order valence-electron chi connectivity index (χ1n) is 7.03. The topological polar surface area (TPSA) is 83.8 Å². The van der Waals surface area contributed by atoms with Gasteiger partial charge >= 0.3 is 10.4 Å². The fourth-order valence-corrected chi connectivity index (χ4v) is 2.61. The van der Waals surface area contributed by atoms with Crippen molar-refractivity contribution in [2.75, 3.05) is 0 Å². The van der Waals surface area contributed by atoms with Crippen LogP contribution < -0.4 is 4.18 Å². The van der Waals surface area contributed by atoms with Crippen LogP contribution in [0.4, 0.5) is 0 Å². The average molecular weight is 334 g/mol. The first-order valence-corrected chi connectivity index (χ1v) is 8.39. The Morgan fingerprint density at radius 3 is 2.22 bits per heavy atom. The summed E-state index contributed by atoms with van der Waals surface area (Å²) in [6, 6.07) is 12.5. The van der Waals surface area contributed by atoms with Crippen molar-refractivity contribution >= 4 is 22.6 Å². The van der Waals surface area contributed by atoms with E-state index >= 15 is 0 Å². The Bertz CT molecular complexity index is 808. The molecule has 0 amide bonds. The van der Waals surface area contributed by atoms with Crippen LogP contribution in [0.1, 0.15) is 36.5 Å². The molecule has 0 bridgehead atoms. The van der Waals surface area contributed by atoms with E-state index in [1.165, 1.54) is 12.1 Å². The van der Waals surface area contributed by atoms with Crippen molar-refractivity contribution in [2.45, 2.75) is 19.8 Å². The Hall–Kier alpha value is -2.31. The number of phenols is 1. The third-order valence-electron chi connectivity index (χ3n) is 3.18. The van der Waals surface area contributed by atoms with E-state index in [-0.39, 0.29) is 17.4 Å². The number of hydrogen-bond donors (Lipinski definition) is 2. The third kappa shape index (κ3) is 4.84. The van der Waals surface area contributed by atoms with Crippen LogP contribution in [0.2, 0.25) is 0 Å². The molecule has 0 saturated heterocycles. The second-order valence-corrected chi connectivity index (χ2v) is 6.38. The molecule has 23 heavy (non-hydrogen) atoms. The molecular formula is C17H18O5S. The average Bonchev–Trinajstić information content (AvgIpc) is 2.43. The molecule has 0 aliphatic rings. The van der Waals surface area contributed by atoms with Gasteiger partial charge in [-0.2, -0.15) is 8.42 Å². The predicted octanol–water partition coefficient (Wildman–Crippen LogP) is 3.87. The molecule has 0 aromatic heterocycles. The first kappa shape index (κ1) is 17.1. The lowest BCUT2D eigenvalue weighted by atomic mass is 9.98. The van der Waals surface area contributed by atoms with Crippen LogP contribution in [0.25, 0.3) is 12.2 Å². The van der Waals surface area contributed by atoms with Gasteiger partial charge < -0.3 is 9.29 Å². The summed E-state index contributed by atoms with van der Waals surface area (Å²) in [5.74, 6) is -0.358. The third-order valence-corrected chi connectivity index (χ3v) is 3.57. The van der Waals surface area contributed by atoms with E-state index in [1.54, 1.807) is 19.9 Å². The SMILES string of the molecule is CC(C)c1c(O)cc(C=Cc2ccccc2)cc1OS(=O)(=O)O. The molecule has 0 fully saturated rings. The lowest BCUT2D eigenvalue weighted by Gasteiger charge is -2.14. The van der Waals surface area contributed by atoms with Gasteiger partial charge in [-0.25, -0.2) is 0 Å². The van der Waals surface area contributed by atoms with Gasteiger partial charge in [0.15, 0.2) is 5.75 Å². The van der Waals surface area contributed by atoms with Crippen LogP contribution in [-0.4, -0.2) is 18.1 Å². The van der Waals surface area contributed by atoms with Crippen molar-refractivity contribution in [1.82, 2.24) is 0 Å². The zero-order valence-electron chi connectivity index (χ0n) is 12.8. The van der Waals surface area contributed by atoms with Crippen LogP contribution >= 0.6 is 0 Å². The molecule has 0 atom stereocenters. The van der Waals surface area contributed by atoms with Gasteiger partial charge in [-0.1, -0.05) is 56.3 Å². The Morgan fingerprint density at radius 1 is 1.04 bits per heavy atom. The summed E-state index contributed by atoms with van der Waals surface area (Å²) in [7, 11) is -4.67. The van der Waals surface area contributed by atoms with Gasteiger partial charge in [0.25, 0.3) is 0 Å². The quantitative estimate of drug-likeness (QED) is 0.640. The number of rotatable bonds is 5. The highest BCUT2D eigenvalue weighted by Gasteiger charge is 2.18. The van der Waals surface area contributed by atoms with Crippen LogP contribution in [0, 0.1) is 0 Å². The van der Waals surface area contributed by atoms with Gasteiger partial charge in [0.2, 0.25) is 0 Å². The highest BCUT2D eigenvalue weighted by atomic mass is 32.3. The maximum absolute atomic E-state index is 11.0. The number of aromatic hydroxyl groups is 1. The molecule has 0 heterocycles. The predicted molar refractivity (Wildman–Crippen MR) is 89.7 cm³/mol. The number of phenolic OH excluding ortho intramolecular Hbond substituents is 1. The molecule has 0 aliphatic carbocycles. The lowest BCUT2D eigenvalue weighted by molar-refractivity contribution is 0.381. The first-order chi connectivity index (χ1) is 10.8. The van der Waals surface area contributed by atoms with E-state index in [4.69, 9.17) is 4.55 Å². The van der Waals surface area contributed by atoms with Gasteiger partial charge in [-0.05, 0) is 29.2 Å². The molecule has 2 N–H and O–H groups in total. The molecular weight excluding hydrogens is 316 g/mol. The number of benzene rings is 2. The minimum absolute atomic E-state index is 0.0878. The van der Waals surface area contributed by atoms with Gasteiger partial charge in [-0.15, -0.1) is 0 Å². The van der Waals surface area contributed by atoms with Crippen LogP contribution in [0.3, 0.4) is 0 Å². The van der Waals surface area contributed by atoms with Crippen molar-refractivity contribution in [3.8, 4) is 11.5 Å². The van der Waals surface area contributed by atoms with Crippen molar-refractivity contribution in [2.24, 2.45) is 0 Å². The molecule has 0 aliphatic heterocycles. The smallest absolute Gasteiger partial charge is 0.446 e.